The fourth-order valence-corrected chi connectivity index (χ4v) is 7.70. The molecule has 252 valence electrons. The normalized spacial score (nSPS) is 11.7. The highest BCUT2D eigenvalue weighted by molar-refractivity contribution is 6.07. The van der Waals surface area contributed by atoms with Gasteiger partial charge in [0.1, 0.15) is 22.3 Å². The number of para-hydroxylation sites is 2. The van der Waals surface area contributed by atoms with E-state index < -0.39 is 0 Å². The third-order valence-electron chi connectivity index (χ3n) is 10.3. The van der Waals surface area contributed by atoms with Crippen LogP contribution in [0.2, 0.25) is 0 Å². The lowest BCUT2D eigenvalue weighted by Crippen LogP contribution is -1.96. The Balaban J connectivity index is 1.15. The second-order valence-corrected chi connectivity index (χ2v) is 13.6. The molecule has 7 aromatic carbocycles. The van der Waals surface area contributed by atoms with E-state index in [0.717, 1.165) is 105 Å². The molecule has 4 aromatic heterocycles. The topological polar surface area (TPSA) is 65.0 Å². The number of aromatic nitrogens is 3. The molecule has 0 saturated heterocycles. The van der Waals surface area contributed by atoms with Gasteiger partial charge in [-0.25, -0.2) is 9.97 Å². The van der Waals surface area contributed by atoms with Gasteiger partial charge in [0.25, 0.3) is 0 Å². The molecular weight excluding hydrogens is 663 g/mol. The first-order valence-corrected chi connectivity index (χ1v) is 18.0. The standard InChI is InChI=1S/C49H29N3O2/c1-2-10-30(11-3-1)49-51-43(32-19-21-40-38-12-4-6-17-45(38)54-48(40)28-32)29-44(52-49)35-25-33(24-34(26-35)36-14-8-16-42-37(36)15-9-23-50-42)31-20-22-47-41(27-31)39-13-5-7-18-46(39)53-47/h1-29H. The van der Waals surface area contributed by atoms with Crippen molar-refractivity contribution in [3.63, 3.8) is 0 Å². The van der Waals surface area contributed by atoms with E-state index in [-0.39, 0.29) is 0 Å². The van der Waals surface area contributed by atoms with Crippen LogP contribution in [0.25, 0.3) is 111 Å². The summed E-state index contributed by atoms with van der Waals surface area (Å²) in [5.41, 5.74) is 13.2. The van der Waals surface area contributed by atoms with E-state index in [2.05, 4.69) is 120 Å². The van der Waals surface area contributed by atoms with Gasteiger partial charge in [0.15, 0.2) is 5.82 Å². The second-order valence-electron chi connectivity index (χ2n) is 13.6. The van der Waals surface area contributed by atoms with E-state index >= 15 is 0 Å². The molecule has 0 bridgehead atoms. The summed E-state index contributed by atoms with van der Waals surface area (Å²) in [5, 5.41) is 5.45. The number of benzene rings is 7. The van der Waals surface area contributed by atoms with Crippen LogP contribution in [0.15, 0.2) is 185 Å². The molecule has 0 unspecified atom stereocenters. The average molecular weight is 692 g/mol. The van der Waals surface area contributed by atoms with Crippen molar-refractivity contribution in [2.24, 2.45) is 0 Å². The second kappa shape index (κ2) is 12.1. The number of fused-ring (bicyclic) bond motifs is 7. The zero-order chi connectivity index (χ0) is 35.6. The van der Waals surface area contributed by atoms with Crippen LogP contribution in [0.3, 0.4) is 0 Å². The van der Waals surface area contributed by atoms with Crippen LogP contribution in [-0.2, 0) is 0 Å². The third-order valence-corrected chi connectivity index (χ3v) is 10.3. The van der Waals surface area contributed by atoms with Gasteiger partial charge in [-0.15, -0.1) is 0 Å². The van der Waals surface area contributed by atoms with Gasteiger partial charge in [-0.3, -0.25) is 4.98 Å². The highest BCUT2D eigenvalue weighted by Gasteiger charge is 2.17. The molecule has 0 spiro atoms. The summed E-state index contributed by atoms with van der Waals surface area (Å²) in [5.74, 6) is 0.653. The number of rotatable bonds is 5. The third kappa shape index (κ3) is 5.06. The summed E-state index contributed by atoms with van der Waals surface area (Å²) in [4.78, 5) is 15.1. The van der Waals surface area contributed by atoms with E-state index in [1.807, 2.05) is 60.8 Å². The molecule has 5 heteroatoms. The van der Waals surface area contributed by atoms with E-state index in [1.54, 1.807) is 0 Å². The van der Waals surface area contributed by atoms with Gasteiger partial charge < -0.3 is 8.83 Å². The smallest absolute Gasteiger partial charge is 0.160 e. The highest BCUT2D eigenvalue weighted by Crippen LogP contribution is 2.39. The van der Waals surface area contributed by atoms with Crippen molar-refractivity contribution in [1.82, 2.24) is 15.0 Å². The van der Waals surface area contributed by atoms with E-state index in [0.29, 0.717) is 5.82 Å². The Morgan fingerprint density at radius 3 is 1.83 bits per heavy atom. The molecular formula is C49H29N3O2. The molecule has 0 amide bonds. The van der Waals surface area contributed by atoms with Crippen molar-refractivity contribution in [3.8, 4) is 56.2 Å². The molecule has 4 heterocycles. The molecule has 0 fully saturated rings. The molecule has 0 aliphatic heterocycles. The van der Waals surface area contributed by atoms with Gasteiger partial charge in [0.2, 0.25) is 0 Å². The predicted molar refractivity (Wildman–Crippen MR) is 219 cm³/mol. The SMILES string of the molecule is c1ccc(-c2nc(-c3cc(-c4ccc5oc6ccccc6c5c4)cc(-c4cccc5ncccc45)c3)cc(-c3ccc4c(c3)oc3ccccc34)n2)cc1. The first kappa shape index (κ1) is 30.3. The molecule has 0 saturated carbocycles. The van der Waals surface area contributed by atoms with Crippen LogP contribution in [0, 0.1) is 0 Å². The van der Waals surface area contributed by atoms with Gasteiger partial charge in [0, 0.05) is 49.8 Å². The Labute approximate surface area is 309 Å². The van der Waals surface area contributed by atoms with Crippen molar-refractivity contribution in [1.29, 1.82) is 0 Å². The fourth-order valence-electron chi connectivity index (χ4n) is 7.70. The number of furan rings is 2. The lowest BCUT2D eigenvalue weighted by molar-refractivity contribution is 0.668. The maximum absolute atomic E-state index is 6.31. The molecule has 0 radical (unpaired) electrons. The maximum atomic E-state index is 6.31. The summed E-state index contributed by atoms with van der Waals surface area (Å²) in [7, 11) is 0. The Morgan fingerprint density at radius 2 is 0.981 bits per heavy atom. The first-order chi connectivity index (χ1) is 26.7. The molecule has 54 heavy (non-hydrogen) atoms. The van der Waals surface area contributed by atoms with Crippen molar-refractivity contribution in [3.05, 3.63) is 176 Å². The van der Waals surface area contributed by atoms with Gasteiger partial charge in [-0.1, -0.05) is 97.1 Å². The fraction of sp³-hybridized carbons (Fsp3) is 0. The summed E-state index contributed by atoms with van der Waals surface area (Å²) < 4.78 is 12.5. The average Bonchev–Trinajstić information content (AvgIpc) is 3.81. The lowest BCUT2D eigenvalue weighted by atomic mass is 9.92. The Hall–Kier alpha value is -7.37. The quantitative estimate of drug-likeness (QED) is 0.180. The molecule has 0 aliphatic carbocycles. The van der Waals surface area contributed by atoms with Crippen LogP contribution >= 0.6 is 0 Å². The minimum absolute atomic E-state index is 0.653. The summed E-state index contributed by atoms with van der Waals surface area (Å²) in [6.45, 7) is 0. The Morgan fingerprint density at radius 1 is 0.333 bits per heavy atom. The van der Waals surface area contributed by atoms with Gasteiger partial charge in [-0.05, 0) is 95.1 Å². The molecule has 11 rings (SSSR count). The summed E-state index contributed by atoms with van der Waals surface area (Å²) in [6.07, 6.45) is 1.84. The van der Waals surface area contributed by atoms with E-state index in [1.165, 1.54) is 0 Å². The Kier molecular flexibility index (Phi) is 6.79. The number of pyridine rings is 1. The van der Waals surface area contributed by atoms with Gasteiger partial charge in [0.05, 0.1) is 16.9 Å². The zero-order valence-corrected chi connectivity index (χ0v) is 28.9. The monoisotopic (exact) mass is 691 g/mol. The zero-order valence-electron chi connectivity index (χ0n) is 28.9. The summed E-state index contributed by atoms with van der Waals surface area (Å²) in [6, 6.07) is 58.6. The first-order valence-electron chi connectivity index (χ1n) is 18.0. The van der Waals surface area contributed by atoms with Crippen LogP contribution in [0.4, 0.5) is 0 Å². The Bertz CT molecular complexity index is 3230. The largest absolute Gasteiger partial charge is 0.456 e. The minimum Gasteiger partial charge on any atom is -0.456 e. The summed E-state index contributed by atoms with van der Waals surface area (Å²) >= 11 is 0. The lowest BCUT2D eigenvalue weighted by Gasteiger charge is -2.14. The van der Waals surface area contributed by atoms with Crippen LogP contribution in [0.1, 0.15) is 0 Å². The van der Waals surface area contributed by atoms with E-state index in [9.17, 15) is 0 Å². The van der Waals surface area contributed by atoms with Crippen molar-refractivity contribution in [2.75, 3.05) is 0 Å². The van der Waals surface area contributed by atoms with E-state index in [4.69, 9.17) is 18.8 Å². The van der Waals surface area contributed by atoms with Crippen molar-refractivity contribution < 1.29 is 8.83 Å². The maximum Gasteiger partial charge on any atom is 0.160 e. The molecule has 0 aliphatic rings. The van der Waals surface area contributed by atoms with Crippen LogP contribution in [0.5, 0.6) is 0 Å². The van der Waals surface area contributed by atoms with Crippen LogP contribution in [-0.4, -0.2) is 15.0 Å². The minimum atomic E-state index is 0.653. The number of hydrogen-bond donors (Lipinski definition) is 0. The van der Waals surface area contributed by atoms with Gasteiger partial charge >= 0.3 is 0 Å². The molecule has 11 aromatic rings. The number of hydrogen-bond acceptors (Lipinski definition) is 5. The molecule has 5 nitrogen and oxygen atoms in total. The number of nitrogens with zero attached hydrogens (tertiary/aromatic N) is 3. The highest BCUT2D eigenvalue weighted by atomic mass is 16.3. The predicted octanol–water partition coefficient (Wildman–Crippen LogP) is 13.2. The molecule has 0 atom stereocenters. The van der Waals surface area contributed by atoms with Crippen molar-refractivity contribution >= 4 is 54.8 Å². The molecule has 0 N–H and O–H groups in total. The van der Waals surface area contributed by atoms with Gasteiger partial charge in [-0.2, -0.15) is 0 Å². The van der Waals surface area contributed by atoms with Crippen molar-refractivity contribution in [2.45, 2.75) is 0 Å². The van der Waals surface area contributed by atoms with Crippen LogP contribution < -0.4 is 0 Å².